The highest BCUT2D eigenvalue weighted by molar-refractivity contribution is 7.89. The third-order valence-corrected chi connectivity index (χ3v) is 6.23. The molecular weight excluding hydrogens is 367 g/mol. The van der Waals surface area contributed by atoms with Crippen molar-refractivity contribution in [1.82, 2.24) is 14.9 Å². The highest BCUT2D eigenvalue weighted by Gasteiger charge is 2.21. The Kier molecular flexibility index (Phi) is 9.18. The summed E-state index contributed by atoms with van der Waals surface area (Å²) in [5.74, 6) is 0.527. The topological polar surface area (TPSA) is 73.8 Å². The molecule has 0 saturated heterocycles. The number of sulfonamides is 1. The van der Waals surface area contributed by atoms with Crippen LogP contribution in [0.1, 0.15) is 39.7 Å². The number of hydrogen-bond donors (Lipinski definition) is 2. The largest absolute Gasteiger partial charge is 0.357 e. The Balaban J connectivity index is 2.62. The van der Waals surface area contributed by atoms with Crippen LogP contribution in [0.25, 0.3) is 0 Å². The summed E-state index contributed by atoms with van der Waals surface area (Å²) < 4.78 is 38.4. The Bertz CT molecular complexity index is 720. The first-order valence-corrected chi connectivity index (χ1v) is 11.0. The SMILES string of the molecule is CCNC(=NCC(C)(C)c1cccc(F)c1)NCCCN(C)S(=O)(=O)CC. The molecule has 0 aromatic heterocycles. The Morgan fingerprint density at radius 3 is 2.56 bits per heavy atom. The van der Waals surface area contributed by atoms with E-state index >= 15 is 0 Å². The summed E-state index contributed by atoms with van der Waals surface area (Å²) >= 11 is 0. The van der Waals surface area contributed by atoms with E-state index in [0.717, 1.165) is 12.1 Å². The first kappa shape index (κ1) is 23.4. The second-order valence-corrected chi connectivity index (χ2v) is 9.46. The van der Waals surface area contributed by atoms with Crippen molar-refractivity contribution in [2.75, 3.05) is 39.0 Å². The maximum Gasteiger partial charge on any atom is 0.213 e. The molecule has 2 N–H and O–H groups in total. The zero-order valence-corrected chi connectivity index (χ0v) is 17.9. The molecule has 0 heterocycles. The summed E-state index contributed by atoms with van der Waals surface area (Å²) in [5, 5.41) is 6.40. The molecule has 0 unspecified atom stereocenters. The summed E-state index contributed by atoms with van der Waals surface area (Å²) in [6, 6.07) is 6.59. The van der Waals surface area contributed by atoms with Crippen molar-refractivity contribution in [2.24, 2.45) is 4.99 Å². The number of nitrogens with zero attached hydrogens (tertiary/aromatic N) is 2. The van der Waals surface area contributed by atoms with Crippen molar-refractivity contribution < 1.29 is 12.8 Å². The lowest BCUT2D eigenvalue weighted by Crippen LogP contribution is -2.40. The normalized spacial score (nSPS) is 13.1. The van der Waals surface area contributed by atoms with Gasteiger partial charge in [-0.15, -0.1) is 0 Å². The summed E-state index contributed by atoms with van der Waals surface area (Å²) in [4.78, 5) is 4.61. The third-order valence-electron chi connectivity index (χ3n) is 4.36. The highest BCUT2D eigenvalue weighted by Crippen LogP contribution is 2.24. The van der Waals surface area contributed by atoms with Gasteiger partial charge in [-0.3, -0.25) is 4.99 Å². The molecule has 154 valence electrons. The van der Waals surface area contributed by atoms with Gasteiger partial charge in [0.1, 0.15) is 5.82 Å². The van der Waals surface area contributed by atoms with Crippen molar-refractivity contribution in [1.29, 1.82) is 0 Å². The minimum atomic E-state index is -3.14. The van der Waals surface area contributed by atoms with Crippen LogP contribution >= 0.6 is 0 Å². The first-order chi connectivity index (χ1) is 12.6. The van der Waals surface area contributed by atoms with Gasteiger partial charge < -0.3 is 10.6 Å². The monoisotopic (exact) mass is 400 g/mol. The van der Waals surface area contributed by atoms with Crippen LogP contribution < -0.4 is 10.6 Å². The Hall–Kier alpha value is -1.67. The fourth-order valence-electron chi connectivity index (χ4n) is 2.49. The third kappa shape index (κ3) is 7.84. The fourth-order valence-corrected chi connectivity index (χ4v) is 3.34. The van der Waals surface area contributed by atoms with E-state index in [1.165, 1.54) is 10.4 Å². The molecule has 6 nitrogen and oxygen atoms in total. The second-order valence-electron chi connectivity index (χ2n) is 7.09. The molecule has 27 heavy (non-hydrogen) atoms. The van der Waals surface area contributed by atoms with E-state index < -0.39 is 10.0 Å². The summed E-state index contributed by atoms with van der Waals surface area (Å²) in [7, 11) is -1.55. The van der Waals surface area contributed by atoms with E-state index in [0.29, 0.717) is 32.0 Å². The van der Waals surface area contributed by atoms with E-state index in [1.807, 2.05) is 26.8 Å². The van der Waals surface area contributed by atoms with Gasteiger partial charge in [0.15, 0.2) is 5.96 Å². The van der Waals surface area contributed by atoms with Gasteiger partial charge in [0.05, 0.1) is 12.3 Å². The minimum Gasteiger partial charge on any atom is -0.357 e. The Morgan fingerprint density at radius 1 is 1.26 bits per heavy atom. The molecule has 0 saturated carbocycles. The number of halogens is 1. The average Bonchev–Trinajstić information content (AvgIpc) is 2.62. The lowest BCUT2D eigenvalue weighted by atomic mass is 9.85. The number of benzene rings is 1. The van der Waals surface area contributed by atoms with Crippen molar-refractivity contribution in [3.8, 4) is 0 Å². The molecule has 0 amide bonds. The summed E-state index contributed by atoms with van der Waals surface area (Å²) in [6.45, 7) is 9.95. The second kappa shape index (κ2) is 10.6. The number of guanidine groups is 1. The van der Waals surface area contributed by atoms with E-state index in [1.54, 1.807) is 26.1 Å². The quantitative estimate of drug-likeness (QED) is 0.359. The van der Waals surface area contributed by atoms with Gasteiger partial charge in [-0.25, -0.2) is 17.1 Å². The molecule has 0 aliphatic heterocycles. The molecule has 0 bridgehead atoms. The summed E-state index contributed by atoms with van der Waals surface area (Å²) in [6.07, 6.45) is 0.674. The minimum absolute atomic E-state index is 0.107. The van der Waals surface area contributed by atoms with Gasteiger partial charge in [-0.1, -0.05) is 26.0 Å². The van der Waals surface area contributed by atoms with E-state index in [4.69, 9.17) is 0 Å². The number of rotatable bonds is 10. The molecule has 1 aromatic carbocycles. The lowest BCUT2D eigenvalue weighted by molar-refractivity contribution is 0.461. The highest BCUT2D eigenvalue weighted by atomic mass is 32.2. The van der Waals surface area contributed by atoms with Crippen molar-refractivity contribution in [3.63, 3.8) is 0 Å². The van der Waals surface area contributed by atoms with Gasteiger partial charge in [0, 0.05) is 32.1 Å². The van der Waals surface area contributed by atoms with Crippen LogP contribution in [0.2, 0.25) is 0 Å². The maximum absolute atomic E-state index is 13.5. The molecule has 1 aromatic rings. The molecule has 8 heteroatoms. The van der Waals surface area contributed by atoms with Crippen molar-refractivity contribution in [2.45, 2.75) is 39.5 Å². The molecule has 0 fully saturated rings. The van der Waals surface area contributed by atoms with Gasteiger partial charge in [0.2, 0.25) is 10.0 Å². The van der Waals surface area contributed by atoms with Crippen LogP contribution in [0.4, 0.5) is 4.39 Å². The van der Waals surface area contributed by atoms with Crippen molar-refractivity contribution >= 4 is 16.0 Å². The van der Waals surface area contributed by atoms with Crippen LogP contribution in [0.3, 0.4) is 0 Å². The standard InChI is InChI=1S/C19H33FN4O2S/c1-6-21-18(22-12-9-13-24(5)27(25,26)7-2)23-15-19(3,4)16-10-8-11-17(20)14-16/h8,10-11,14H,6-7,9,12-13,15H2,1-5H3,(H2,21,22,23). The van der Waals surface area contributed by atoms with E-state index in [2.05, 4.69) is 15.6 Å². The Labute approximate surface area is 163 Å². The molecule has 0 aliphatic carbocycles. The zero-order valence-electron chi connectivity index (χ0n) is 17.0. The van der Waals surface area contributed by atoms with Gasteiger partial charge >= 0.3 is 0 Å². The first-order valence-electron chi connectivity index (χ1n) is 9.34. The summed E-state index contributed by atoms with van der Waals surface area (Å²) in [5.41, 5.74) is 0.591. The molecular formula is C19H33FN4O2S. The predicted molar refractivity (Wildman–Crippen MR) is 110 cm³/mol. The Morgan fingerprint density at radius 2 is 1.96 bits per heavy atom. The van der Waals surface area contributed by atoms with Crippen LogP contribution in [-0.2, 0) is 15.4 Å². The van der Waals surface area contributed by atoms with E-state index in [-0.39, 0.29) is 17.0 Å². The smallest absolute Gasteiger partial charge is 0.213 e. The number of hydrogen-bond acceptors (Lipinski definition) is 3. The van der Waals surface area contributed by atoms with Crippen LogP contribution in [0.5, 0.6) is 0 Å². The van der Waals surface area contributed by atoms with Crippen LogP contribution in [0.15, 0.2) is 29.3 Å². The van der Waals surface area contributed by atoms with Gasteiger partial charge in [-0.2, -0.15) is 0 Å². The molecule has 1 rings (SSSR count). The molecule has 0 spiro atoms. The van der Waals surface area contributed by atoms with Gasteiger partial charge in [0.25, 0.3) is 0 Å². The fraction of sp³-hybridized carbons (Fsp3) is 0.632. The predicted octanol–water partition coefficient (Wildman–Crippen LogP) is 2.33. The molecule has 0 aliphatic rings. The maximum atomic E-state index is 13.5. The molecule has 0 atom stereocenters. The molecule has 0 radical (unpaired) electrons. The van der Waals surface area contributed by atoms with Gasteiger partial charge in [-0.05, 0) is 38.0 Å². The zero-order chi connectivity index (χ0) is 20.5. The van der Waals surface area contributed by atoms with Crippen LogP contribution in [0, 0.1) is 5.82 Å². The lowest BCUT2D eigenvalue weighted by Gasteiger charge is -2.24. The van der Waals surface area contributed by atoms with Crippen LogP contribution in [-0.4, -0.2) is 57.7 Å². The average molecular weight is 401 g/mol. The number of nitrogens with one attached hydrogen (secondary N) is 2. The number of aliphatic imine (C=N–C) groups is 1. The van der Waals surface area contributed by atoms with E-state index in [9.17, 15) is 12.8 Å². The van der Waals surface area contributed by atoms with Crippen molar-refractivity contribution in [3.05, 3.63) is 35.6 Å².